The standard InChI is InChI=1S/C12H18N2O2S2/c1-2-5-17-7-4-13-12(16)14-8-11(15)10-3-6-18-9-10/h2-3,6,9,11,15H,1,4-5,7-8H2,(H2,13,14,16). The van der Waals surface area contributed by atoms with Crippen LogP contribution in [0.5, 0.6) is 0 Å². The van der Waals surface area contributed by atoms with Gasteiger partial charge in [-0.3, -0.25) is 0 Å². The van der Waals surface area contributed by atoms with Crippen molar-refractivity contribution in [3.63, 3.8) is 0 Å². The van der Waals surface area contributed by atoms with Gasteiger partial charge >= 0.3 is 6.03 Å². The Kier molecular flexibility index (Phi) is 7.55. The minimum absolute atomic E-state index is 0.225. The van der Waals surface area contributed by atoms with Gasteiger partial charge in [0.25, 0.3) is 0 Å². The van der Waals surface area contributed by atoms with Crippen LogP contribution in [0.4, 0.5) is 4.79 Å². The highest BCUT2D eigenvalue weighted by molar-refractivity contribution is 7.99. The number of aliphatic hydroxyl groups is 1. The molecule has 0 saturated carbocycles. The van der Waals surface area contributed by atoms with Crippen molar-refractivity contribution in [2.75, 3.05) is 24.6 Å². The summed E-state index contributed by atoms with van der Waals surface area (Å²) in [6, 6.07) is 1.60. The molecule has 0 fully saturated rings. The summed E-state index contributed by atoms with van der Waals surface area (Å²) >= 11 is 3.23. The molecule has 0 spiro atoms. The van der Waals surface area contributed by atoms with Crippen molar-refractivity contribution >= 4 is 29.1 Å². The highest BCUT2D eigenvalue weighted by Crippen LogP contribution is 2.14. The van der Waals surface area contributed by atoms with Gasteiger partial charge in [-0.05, 0) is 22.4 Å². The van der Waals surface area contributed by atoms with Gasteiger partial charge in [-0.25, -0.2) is 4.79 Å². The maximum absolute atomic E-state index is 11.4. The Morgan fingerprint density at radius 2 is 2.44 bits per heavy atom. The first-order valence-electron chi connectivity index (χ1n) is 5.64. The maximum atomic E-state index is 11.4. The molecule has 1 aromatic rings. The van der Waals surface area contributed by atoms with Crippen LogP contribution < -0.4 is 10.6 Å². The fourth-order valence-corrected chi connectivity index (χ4v) is 2.52. The van der Waals surface area contributed by atoms with E-state index in [2.05, 4.69) is 17.2 Å². The molecule has 0 radical (unpaired) electrons. The number of amides is 2. The Balaban J connectivity index is 2.08. The molecule has 1 rings (SSSR count). The van der Waals surface area contributed by atoms with E-state index in [9.17, 15) is 9.90 Å². The van der Waals surface area contributed by atoms with Crippen molar-refractivity contribution in [1.29, 1.82) is 0 Å². The molecule has 1 unspecified atom stereocenters. The van der Waals surface area contributed by atoms with Crippen LogP contribution in [-0.2, 0) is 0 Å². The molecular weight excluding hydrogens is 268 g/mol. The summed E-state index contributed by atoms with van der Waals surface area (Å²) in [4.78, 5) is 11.4. The number of hydrogen-bond donors (Lipinski definition) is 3. The van der Waals surface area contributed by atoms with E-state index in [0.29, 0.717) is 6.54 Å². The summed E-state index contributed by atoms with van der Waals surface area (Å²) in [5, 5.41) is 18.9. The molecule has 0 bridgehead atoms. The Hall–Kier alpha value is -0.980. The number of hydrogen-bond acceptors (Lipinski definition) is 4. The molecule has 1 heterocycles. The van der Waals surface area contributed by atoms with Gasteiger partial charge in [0.05, 0.1) is 6.10 Å². The molecule has 0 aliphatic carbocycles. The van der Waals surface area contributed by atoms with Gasteiger partial charge in [-0.15, -0.1) is 6.58 Å². The normalized spacial score (nSPS) is 11.8. The summed E-state index contributed by atoms with van der Waals surface area (Å²) in [6.45, 7) is 4.45. The molecule has 0 aromatic carbocycles. The smallest absolute Gasteiger partial charge is 0.314 e. The Labute approximate surface area is 115 Å². The highest BCUT2D eigenvalue weighted by atomic mass is 32.2. The summed E-state index contributed by atoms with van der Waals surface area (Å²) in [7, 11) is 0. The van der Waals surface area contributed by atoms with Crippen molar-refractivity contribution in [3.8, 4) is 0 Å². The molecule has 18 heavy (non-hydrogen) atoms. The van der Waals surface area contributed by atoms with E-state index in [4.69, 9.17) is 0 Å². The van der Waals surface area contributed by atoms with Gasteiger partial charge in [0.15, 0.2) is 0 Å². The lowest BCUT2D eigenvalue weighted by Gasteiger charge is -2.11. The van der Waals surface area contributed by atoms with Gasteiger partial charge in [-0.2, -0.15) is 23.1 Å². The quantitative estimate of drug-likeness (QED) is 0.506. The van der Waals surface area contributed by atoms with E-state index < -0.39 is 6.10 Å². The van der Waals surface area contributed by atoms with E-state index >= 15 is 0 Å². The van der Waals surface area contributed by atoms with Crippen molar-refractivity contribution in [3.05, 3.63) is 35.0 Å². The zero-order valence-corrected chi connectivity index (χ0v) is 11.7. The van der Waals surface area contributed by atoms with Gasteiger partial charge in [0.2, 0.25) is 0 Å². The van der Waals surface area contributed by atoms with Gasteiger partial charge < -0.3 is 15.7 Å². The fourth-order valence-electron chi connectivity index (χ4n) is 1.24. The van der Waals surface area contributed by atoms with Crippen LogP contribution in [0.3, 0.4) is 0 Å². The van der Waals surface area contributed by atoms with E-state index in [1.165, 1.54) is 11.3 Å². The SMILES string of the molecule is C=CCSCCNC(=O)NCC(O)c1ccsc1. The lowest BCUT2D eigenvalue weighted by atomic mass is 10.2. The van der Waals surface area contributed by atoms with Gasteiger partial charge in [-0.1, -0.05) is 6.08 Å². The molecule has 100 valence electrons. The van der Waals surface area contributed by atoms with Crippen LogP contribution in [-0.4, -0.2) is 35.7 Å². The first-order valence-corrected chi connectivity index (χ1v) is 7.74. The number of nitrogens with one attached hydrogen (secondary N) is 2. The summed E-state index contributed by atoms with van der Waals surface area (Å²) in [6.07, 6.45) is 1.19. The highest BCUT2D eigenvalue weighted by Gasteiger charge is 2.09. The first-order chi connectivity index (χ1) is 8.74. The number of thiophene rings is 1. The van der Waals surface area contributed by atoms with Crippen LogP contribution in [0, 0.1) is 0 Å². The first kappa shape index (κ1) is 15.1. The number of rotatable bonds is 8. The van der Waals surface area contributed by atoms with E-state index in [1.807, 2.05) is 22.9 Å². The topological polar surface area (TPSA) is 61.4 Å². The molecular formula is C12H18N2O2S2. The summed E-state index contributed by atoms with van der Waals surface area (Å²) < 4.78 is 0. The van der Waals surface area contributed by atoms with Crippen LogP contribution in [0.1, 0.15) is 11.7 Å². The second-order valence-corrected chi connectivity index (χ2v) is 5.50. The number of carbonyl (C=O) groups is 1. The van der Waals surface area contributed by atoms with Crippen molar-refractivity contribution in [2.45, 2.75) is 6.10 Å². The largest absolute Gasteiger partial charge is 0.387 e. The van der Waals surface area contributed by atoms with E-state index in [-0.39, 0.29) is 12.6 Å². The Morgan fingerprint density at radius 3 is 3.11 bits per heavy atom. The molecule has 0 aliphatic rings. The van der Waals surface area contributed by atoms with E-state index in [0.717, 1.165) is 17.1 Å². The number of urea groups is 1. The summed E-state index contributed by atoms with van der Waals surface area (Å²) in [5.41, 5.74) is 0.835. The van der Waals surface area contributed by atoms with Gasteiger partial charge in [0.1, 0.15) is 0 Å². The average Bonchev–Trinajstić information content (AvgIpc) is 2.89. The minimum Gasteiger partial charge on any atom is -0.387 e. The van der Waals surface area contributed by atoms with Crippen molar-refractivity contribution in [2.24, 2.45) is 0 Å². The minimum atomic E-state index is -0.642. The predicted molar refractivity (Wildman–Crippen MR) is 78.2 cm³/mol. The second-order valence-electron chi connectivity index (χ2n) is 3.57. The van der Waals surface area contributed by atoms with Crippen molar-refractivity contribution in [1.82, 2.24) is 10.6 Å². The third-order valence-electron chi connectivity index (χ3n) is 2.15. The molecule has 1 aromatic heterocycles. The molecule has 0 saturated heterocycles. The predicted octanol–water partition coefficient (Wildman–Crippen LogP) is 2.00. The fraction of sp³-hybridized carbons (Fsp3) is 0.417. The molecule has 1 atom stereocenters. The summed E-state index contributed by atoms with van der Waals surface area (Å²) in [5.74, 6) is 1.74. The van der Waals surface area contributed by atoms with Crippen LogP contribution >= 0.6 is 23.1 Å². The monoisotopic (exact) mass is 286 g/mol. The van der Waals surface area contributed by atoms with Crippen LogP contribution in [0.2, 0.25) is 0 Å². The number of carbonyl (C=O) groups excluding carboxylic acids is 1. The Morgan fingerprint density at radius 1 is 1.61 bits per heavy atom. The molecule has 2 amide bonds. The third-order valence-corrected chi connectivity index (χ3v) is 3.82. The number of aliphatic hydroxyl groups excluding tert-OH is 1. The van der Waals surface area contributed by atoms with Gasteiger partial charge in [0, 0.05) is 24.6 Å². The van der Waals surface area contributed by atoms with Crippen molar-refractivity contribution < 1.29 is 9.90 Å². The zero-order chi connectivity index (χ0) is 13.2. The maximum Gasteiger partial charge on any atom is 0.314 e. The number of thioether (sulfide) groups is 1. The average molecular weight is 286 g/mol. The van der Waals surface area contributed by atoms with E-state index in [1.54, 1.807) is 11.8 Å². The molecule has 6 heteroatoms. The molecule has 3 N–H and O–H groups in total. The molecule has 4 nitrogen and oxygen atoms in total. The lowest BCUT2D eigenvalue weighted by molar-refractivity contribution is 0.173. The van der Waals surface area contributed by atoms with Crippen LogP contribution in [0.15, 0.2) is 29.5 Å². The van der Waals surface area contributed by atoms with Crippen LogP contribution in [0.25, 0.3) is 0 Å². The zero-order valence-electron chi connectivity index (χ0n) is 10.1. The molecule has 0 aliphatic heterocycles. The third kappa shape index (κ3) is 6.09. The second kappa shape index (κ2) is 9.02. The Bertz CT molecular complexity index is 355. The lowest BCUT2D eigenvalue weighted by Crippen LogP contribution is -2.38.